The molecule has 0 saturated carbocycles. The maximum atomic E-state index is 11.5. The molecule has 3 N–H and O–H groups in total. The van der Waals surface area contributed by atoms with E-state index in [9.17, 15) is 9.59 Å². The van der Waals surface area contributed by atoms with Gasteiger partial charge in [-0.05, 0) is 12.5 Å². The standard InChI is InChI=1S/C12H15NO4/c1-8(10(13)11(14)15)12(16)17-7-9-5-3-2-4-6-9/h2-6,8,10H,7,13H2,1H3,(H,14,15)/t8-,10-/m0/s1. The molecule has 1 aromatic carbocycles. The molecule has 2 atom stereocenters. The molecule has 92 valence electrons. The molecule has 0 radical (unpaired) electrons. The molecule has 5 nitrogen and oxygen atoms in total. The van der Waals surface area contributed by atoms with E-state index in [1.54, 1.807) is 0 Å². The lowest BCUT2D eigenvalue weighted by molar-refractivity contribution is -0.154. The van der Waals surface area contributed by atoms with Gasteiger partial charge in [0.25, 0.3) is 0 Å². The largest absolute Gasteiger partial charge is 0.480 e. The summed E-state index contributed by atoms with van der Waals surface area (Å²) in [5, 5.41) is 8.65. The first-order valence-corrected chi connectivity index (χ1v) is 5.21. The Morgan fingerprint density at radius 1 is 1.35 bits per heavy atom. The molecule has 0 bridgehead atoms. The Morgan fingerprint density at radius 3 is 2.47 bits per heavy atom. The van der Waals surface area contributed by atoms with Crippen molar-refractivity contribution < 1.29 is 19.4 Å². The van der Waals surface area contributed by atoms with E-state index in [1.807, 2.05) is 30.3 Å². The quantitative estimate of drug-likeness (QED) is 0.738. The van der Waals surface area contributed by atoms with Crippen molar-refractivity contribution in [2.75, 3.05) is 0 Å². The Hall–Kier alpha value is -1.88. The van der Waals surface area contributed by atoms with Crippen LogP contribution in [0, 0.1) is 5.92 Å². The number of hydrogen-bond donors (Lipinski definition) is 2. The SMILES string of the molecule is C[C@H](C(=O)OCc1ccccc1)[C@H](N)C(=O)O. The van der Waals surface area contributed by atoms with Crippen molar-refractivity contribution >= 4 is 11.9 Å². The zero-order valence-electron chi connectivity index (χ0n) is 9.50. The molecule has 17 heavy (non-hydrogen) atoms. The summed E-state index contributed by atoms with van der Waals surface area (Å²) in [4.78, 5) is 22.1. The van der Waals surface area contributed by atoms with Crippen molar-refractivity contribution in [3.63, 3.8) is 0 Å². The van der Waals surface area contributed by atoms with E-state index in [1.165, 1.54) is 6.92 Å². The third-order valence-corrected chi connectivity index (χ3v) is 2.42. The number of benzene rings is 1. The van der Waals surface area contributed by atoms with Gasteiger partial charge in [-0.3, -0.25) is 9.59 Å². The third kappa shape index (κ3) is 3.88. The number of carboxylic acid groups (broad SMARTS) is 1. The molecule has 0 aliphatic rings. The fourth-order valence-corrected chi connectivity index (χ4v) is 1.22. The zero-order chi connectivity index (χ0) is 12.8. The van der Waals surface area contributed by atoms with Gasteiger partial charge in [-0.25, -0.2) is 0 Å². The molecular weight excluding hydrogens is 222 g/mol. The molecule has 1 rings (SSSR count). The summed E-state index contributed by atoms with van der Waals surface area (Å²) in [5.74, 6) is -2.69. The normalized spacial score (nSPS) is 13.8. The van der Waals surface area contributed by atoms with Gasteiger partial charge in [-0.15, -0.1) is 0 Å². The minimum Gasteiger partial charge on any atom is -0.480 e. The van der Waals surface area contributed by atoms with Gasteiger partial charge in [0, 0.05) is 0 Å². The maximum Gasteiger partial charge on any atom is 0.321 e. The second-order valence-electron chi connectivity index (χ2n) is 3.75. The fourth-order valence-electron chi connectivity index (χ4n) is 1.22. The Kier molecular flexibility index (Phi) is 4.66. The molecule has 0 amide bonds. The van der Waals surface area contributed by atoms with E-state index in [0.29, 0.717) is 0 Å². The third-order valence-electron chi connectivity index (χ3n) is 2.42. The first kappa shape index (κ1) is 13.2. The number of ether oxygens (including phenoxy) is 1. The Labute approximate surface area is 99.2 Å². The van der Waals surface area contributed by atoms with Gasteiger partial charge in [-0.2, -0.15) is 0 Å². The summed E-state index contributed by atoms with van der Waals surface area (Å²) in [6.07, 6.45) is 0. The van der Waals surface area contributed by atoms with Crippen molar-refractivity contribution in [2.24, 2.45) is 11.7 Å². The molecule has 0 unspecified atom stereocenters. The molecule has 0 fully saturated rings. The summed E-state index contributed by atoms with van der Waals surface area (Å²) in [5.41, 5.74) is 6.17. The smallest absolute Gasteiger partial charge is 0.321 e. The van der Waals surface area contributed by atoms with Gasteiger partial charge in [0.1, 0.15) is 12.6 Å². The summed E-state index contributed by atoms with van der Waals surface area (Å²) < 4.78 is 4.98. The molecule has 0 heterocycles. The minimum atomic E-state index is -1.24. The summed E-state index contributed by atoms with van der Waals surface area (Å²) in [7, 11) is 0. The molecule has 0 spiro atoms. The van der Waals surface area contributed by atoms with Crippen molar-refractivity contribution in [1.82, 2.24) is 0 Å². The predicted molar refractivity (Wildman–Crippen MR) is 61.0 cm³/mol. The monoisotopic (exact) mass is 237 g/mol. The van der Waals surface area contributed by atoms with E-state index in [2.05, 4.69) is 0 Å². The van der Waals surface area contributed by atoms with Crippen LogP contribution >= 0.6 is 0 Å². The first-order valence-electron chi connectivity index (χ1n) is 5.21. The summed E-state index contributed by atoms with van der Waals surface area (Å²) >= 11 is 0. The van der Waals surface area contributed by atoms with Crippen LogP contribution in [0.5, 0.6) is 0 Å². The van der Waals surface area contributed by atoms with Gasteiger partial charge in [0.15, 0.2) is 0 Å². The molecular formula is C12H15NO4. The lowest BCUT2D eigenvalue weighted by atomic mass is 10.0. The van der Waals surface area contributed by atoms with Crippen LogP contribution in [-0.2, 0) is 20.9 Å². The fraction of sp³-hybridized carbons (Fsp3) is 0.333. The van der Waals surface area contributed by atoms with E-state index in [4.69, 9.17) is 15.6 Å². The highest BCUT2D eigenvalue weighted by Gasteiger charge is 2.27. The van der Waals surface area contributed by atoms with Crippen LogP contribution in [-0.4, -0.2) is 23.1 Å². The number of carbonyl (C=O) groups excluding carboxylic acids is 1. The van der Waals surface area contributed by atoms with Crippen LogP contribution in [0.2, 0.25) is 0 Å². The molecule has 0 aliphatic carbocycles. The van der Waals surface area contributed by atoms with E-state index < -0.39 is 23.9 Å². The highest BCUT2D eigenvalue weighted by Crippen LogP contribution is 2.07. The average molecular weight is 237 g/mol. The molecule has 5 heteroatoms. The zero-order valence-corrected chi connectivity index (χ0v) is 9.50. The molecule has 0 aliphatic heterocycles. The highest BCUT2D eigenvalue weighted by atomic mass is 16.5. The van der Waals surface area contributed by atoms with Crippen molar-refractivity contribution in [2.45, 2.75) is 19.6 Å². The number of aliphatic carboxylic acids is 1. The Balaban J connectivity index is 2.47. The van der Waals surface area contributed by atoms with Crippen LogP contribution in [0.4, 0.5) is 0 Å². The lowest BCUT2D eigenvalue weighted by Gasteiger charge is -2.14. The Morgan fingerprint density at radius 2 is 1.94 bits per heavy atom. The van der Waals surface area contributed by atoms with Crippen LogP contribution in [0.3, 0.4) is 0 Å². The number of hydrogen-bond acceptors (Lipinski definition) is 4. The second kappa shape index (κ2) is 6.00. The van der Waals surface area contributed by atoms with Crippen LogP contribution in [0.25, 0.3) is 0 Å². The highest BCUT2D eigenvalue weighted by molar-refractivity contribution is 5.83. The van der Waals surface area contributed by atoms with E-state index in [-0.39, 0.29) is 6.61 Å². The van der Waals surface area contributed by atoms with Gasteiger partial charge in [0.2, 0.25) is 0 Å². The molecule has 0 saturated heterocycles. The van der Waals surface area contributed by atoms with Crippen molar-refractivity contribution in [3.05, 3.63) is 35.9 Å². The number of carbonyl (C=O) groups is 2. The van der Waals surface area contributed by atoms with Crippen molar-refractivity contribution in [3.8, 4) is 0 Å². The number of carboxylic acids is 1. The van der Waals surface area contributed by atoms with Gasteiger partial charge in [-0.1, -0.05) is 30.3 Å². The molecule has 0 aromatic heterocycles. The van der Waals surface area contributed by atoms with Crippen LogP contribution < -0.4 is 5.73 Å². The number of esters is 1. The van der Waals surface area contributed by atoms with E-state index in [0.717, 1.165) is 5.56 Å². The van der Waals surface area contributed by atoms with Crippen LogP contribution in [0.1, 0.15) is 12.5 Å². The topological polar surface area (TPSA) is 89.6 Å². The second-order valence-corrected chi connectivity index (χ2v) is 3.75. The first-order chi connectivity index (χ1) is 8.02. The Bertz CT molecular complexity index is 391. The van der Waals surface area contributed by atoms with Crippen molar-refractivity contribution in [1.29, 1.82) is 0 Å². The summed E-state index contributed by atoms with van der Waals surface area (Å²) in [6, 6.07) is 7.90. The average Bonchev–Trinajstić information content (AvgIpc) is 2.35. The predicted octanol–water partition coefficient (Wildman–Crippen LogP) is 0.778. The van der Waals surface area contributed by atoms with Crippen LogP contribution in [0.15, 0.2) is 30.3 Å². The van der Waals surface area contributed by atoms with E-state index >= 15 is 0 Å². The van der Waals surface area contributed by atoms with Gasteiger partial charge < -0.3 is 15.6 Å². The van der Waals surface area contributed by atoms with Gasteiger partial charge in [0.05, 0.1) is 5.92 Å². The van der Waals surface area contributed by atoms with Gasteiger partial charge >= 0.3 is 11.9 Å². The number of nitrogens with two attached hydrogens (primary N) is 1. The number of rotatable bonds is 5. The maximum absolute atomic E-state index is 11.5. The minimum absolute atomic E-state index is 0.121. The molecule has 1 aromatic rings. The lowest BCUT2D eigenvalue weighted by Crippen LogP contribution is -2.41. The summed E-state index contributed by atoms with van der Waals surface area (Å²) in [6.45, 7) is 1.56.